The van der Waals surface area contributed by atoms with Gasteiger partial charge in [-0.25, -0.2) is 0 Å². The summed E-state index contributed by atoms with van der Waals surface area (Å²) in [7, 11) is 0. The van der Waals surface area contributed by atoms with E-state index in [9.17, 15) is 4.79 Å². The van der Waals surface area contributed by atoms with Gasteiger partial charge in [-0.3, -0.25) is 4.79 Å². The molecule has 35 valence electrons. The highest BCUT2D eigenvalue weighted by Gasteiger charge is 1.75. The first-order chi connectivity index (χ1) is 3.39. The predicted molar refractivity (Wildman–Crippen MR) is 25.0 cm³/mol. The van der Waals surface area contributed by atoms with Gasteiger partial charge in [-0.1, -0.05) is 16.4 Å². The van der Waals surface area contributed by atoms with Crippen LogP contribution < -0.4 is 4.87 Å². The Morgan fingerprint density at radius 1 is 1.86 bits per heavy atom. The van der Waals surface area contributed by atoms with E-state index in [0.29, 0.717) is 0 Å². The molecule has 1 aromatic rings. The third kappa shape index (κ3) is 1.04. The van der Waals surface area contributed by atoms with Crippen LogP contribution in [0.1, 0.15) is 0 Å². The molecule has 0 fully saturated rings. The molecule has 7 heavy (non-hydrogen) atoms. The Morgan fingerprint density at radius 3 is 3.00 bits per heavy atom. The minimum Gasteiger partial charge on any atom is -0.253 e. The molecule has 0 amide bonds. The molecule has 0 unspecified atom stereocenters. The molecule has 4 heteroatoms. The van der Waals surface area contributed by atoms with Gasteiger partial charge in [0.25, 0.3) is 0 Å². The van der Waals surface area contributed by atoms with Crippen molar-refractivity contribution in [3.05, 3.63) is 21.2 Å². The number of aromatic nitrogens is 2. The van der Waals surface area contributed by atoms with E-state index in [1.165, 1.54) is 5.38 Å². The Bertz CT molecular complexity index is 179. The fourth-order valence-electron chi connectivity index (χ4n) is 0.194. The van der Waals surface area contributed by atoms with Crippen LogP contribution in [0.3, 0.4) is 0 Å². The summed E-state index contributed by atoms with van der Waals surface area (Å²) in [6, 6.07) is 0. The second-order valence-corrected chi connectivity index (χ2v) is 1.65. The number of hydrogen-bond donors (Lipinski definition) is 0. The molecular weight excluding hydrogens is 112 g/mol. The average Bonchev–Trinajstić information content (AvgIpc) is 1.69. The summed E-state index contributed by atoms with van der Waals surface area (Å²) < 4.78 is 0. The predicted octanol–water partition coefficient (Wildman–Crippen LogP) is -0.302. The van der Waals surface area contributed by atoms with E-state index in [4.69, 9.17) is 0 Å². The summed E-state index contributed by atoms with van der Waals surface area (Å²) in [5, 5.41) is 7.81. The summed E-state index contributed by atoms with van der Waals surface area (Å²) in [5.74, 6) is 0. The van der Waals surface area contributed by atoms with Crippen LogP contribution in [-0.2, 0) is 0 Å². The van der Waals surface area contributed by atoms with E-state index in [2.05, 4.69) is 16.4 Å². The Hall–Kier alpha value is -0.770. The Kier molecular flexibility index (Phi) is 1.12. The molecule has 0 aliphatic heterocycles. The summed E-state index contributed by atoms with van der Waals surface area (Å²) >= 11 is 0.983. The normalized spacial score (nSPS) is 8.57. The highest BCUT2D eigenvalue weighted by atomic mass is 32.1. The van der Waals surface area contributed by atoms with Crippen LogP contribution in [0.5, 0.6) is 0 Å². The monoisotopic (exact) mass is 113 g/mol. The third-order valence-electron chi connectivity index (χ3n) is 0.402. The fraction of sp³-hybridized carbons (Fsp3) is 0. The van der Waals surface area contributed by atoms with Crippen LogP contribution in [0.25, 0.3) is 0 Å². The molecule has 0 saturated heterocycles. The lowest BCUT2D eigenvalue weighted by atomic mass is 11.0. The number of hydrogen-bond acceptors (Lipinski definition) is 4. The van der Waals surface area contributed by atoms with Gasteiger partial charge in [0, 0.05) is 5.38 Å². The summed E-state index contributed by atoms with van der Waals surface area (Å²) in [6.45, 7) is 0. The lowest BCUT2D eigenvalue weighted by molar-refractivity contribution is 1.02. The molecule has 0 aliphatic rings. The molecule has 0 aromatic carbocycles. The van der Waals surface area contributed by atoms with Crippen molar-refractivity contribution in [1.82, 2.24) is 10.2 Å². The summed E-state index contributed by atoms with van der Waals surface area (Å²) in [5.41, 5.74) is 0. The second kappa shape index (κ2) is 1.79. The maximum atomic E-state index is 10.1. The van der Waals surface area contributed by atoms with Crippen molar-refractivity contribution in [2.45, 2.75) is 0 Å². The van der Waals surface area contributed by atoms with Gasteiger partial charge >= 0.3 is 4.87 Å². The Morgan fingerprint density at radius 2 is 2.71 bits per heavy atom. The van der Waals surface area contributed by atoms with Gasteiger partial charge in [0.15, 0.2) is 0 Å². The van der Waals surface area contributed by atoms with E-state index < -0.39 is 0 Å². The van der Waals surface area contributed by atoms with E-state index in [1.807, 2.05) is 0 Å². The Balaban J connectivity index is 3.28. The second-order valence-electron chi connectivity index (χ2n) is 0.831. The quantitative estimate of drug-likeness (QED) is 0.464. The zero-order valence-electron chi connectivity index (χ0n) is 3.29. The van der Waals surface area contributed by atoms with Gasteiger partial charge in [-0.05, 0) is 0 Å². The van der Waals surface area contributed by atoms with Crippen molar-refractivity contribution in [1.29, 1.82) is 0 Å². The maximum Gasteiger partial charge on any atom is 0.344 e. The molecule has 1 heterocycles. The first kappa shape index (κ1) is 4.39. The molecule has 3 nitrogen and oxygen atoms in total. The molecule has 0 spiro atoms. The van der Waals surface area contributed by atoms with Crippen LogP contribution in [0.4, 0.5) is 0 Å². The van der Waals surface area contributed by atoms with Gasteiger partial charge < -0.3 is 0 Å². The molecule has 1 rings (SSSR count). The van der Waals surface area contributed by atoms with Crippen LogP contribution in [-0.4, -0.2) is 10.2 Å². The van der Waals surface area contributed by atoms with Crippen LogP contribution in [0.2, 0.25) is 0 Å². The number of nitrogens with zero attached hydrogens (tertiary/aromatic N) is 2. The smallest absolute Gasteiger partial charge is 0.253 e. The SMILES string of the molecule is O=c1nn[c]cs1. The first-order valence-corrected chi connectivity index (χ1v) is 2.46. The lowest BCUT2D eigenvalue weighted by Gasteiger charge is -1.67. The molecular formula is C3HN2OS. The Labute approximate surface area is 43.7 Å². The first-order valence-electron chi connectivity index (χ1n) is 1.58. The third-order valence-corrected chi connectivity index (χ3v) is 0.908. The van der Waals surface area contributed by atoms with Crippen molar-refractivity contribution >= 4 is 11.3 Å². The molecule has 1 aromatic heterocycles. The number of rotatable bonds is 0. The summed E-state index contributed by atoms with van der Waals surface area (Å²) in [4.78, 5) is 9.82. The standard InChI is InChI=1S/C3HN2OS/c6-3-5-4-1-2-7-3/h2H. The van der Waals surface area contributed by atoms with E-state index in [-0.39, 0.29) is 4.87 Å². The topological polar surface area (TPSA) is 42.9 Å². The van der Waals surface area contributed by atoms with Crippen molar-refractivity contribution < 1.29 is 0 Å². The van der Waals surface area contributed by atoms with Crippen molar-refractivity contribution in [2.75, 3.05) is 0 Å². The van der Waals surface area contributed by atoms with E-state index in [1.54, 1.807) is 0 Å². The molecule has 1 radical (unpaired) electrons. The van der Waals surface area contributed by atoms with Crippen LogP contribution in [0.15, 0.2) is 10.2 Å². The highest BCUT2D eigenvalue weighted by Crippen LogP contribution is 1.72. The largest absolute Gasteiger partial charge is 0.344 e. The fourth-order valence-corrected chi connectivity index (χ4v) is 0.482. The van der Waals surface area contributed by atoms with Crippen LogP contribution in [0, 0.1) is 6.20 Å². The van der Waals surface area contributed by atoms with Crippen molar-refractivity contribution in [2.24, 2.45) is 0 Å². The maximum absolute atomic E-state index is 10.1. The minimum absolute atomic E-state index is 0.279. The van der Waals surface area contributed by atoms with E-state index >= 15 is 0 Å². The average molecular weight is 113 g/mol. The van der Waals surface area contributed by atoms with Gasteiger partial charge in [0.1, 0.15) is 6.20 Å². The molecule has 0 bridgehead atoms. The van der Waals surface area contributed by atoms with Crippen molar-refractivity contribution in [3.63, 3.8) is 0 Å². The summed E-state index contributed by atoms with van der Waals surface area (Å²) in [6.07, 6.45) is 2.39. The zero-order valence-corrected chi connectivity index (χ0v) is 4.10. The molecule has 0 atom stereocenters. The lowest BCUT2D eigenvalue weighted by Crippen LogP contribution is -1.98. The van der Waals surface area contributed by atoms with Gasteiger partial charge in [-0.15, -0.1) is 5.10 Å². The van der Waals surface area contributed by atoms with Gasteiger partial charge in [0.2, 0.25) is 0 Å². The van der Waals surface area contributed by atoms with Crippen molar-refractivity contribution in [3.8, 4) is 0 Å². The highest BCUT2D eigenvalue weighted by molar-refractivity contribution is 7.06. The minimum atomic E-state index is -0.279. The molecule has 0 aliphatic carbocycles. The zero-order chi connectivity index (χ0) is 5.11. The molecule has 0 N–H and O–H groups in total. The molecule has 0 saturated carbocycles. The van der Waals surface area contributed by atoms with Gasteiger partial charge in [0.05, 0.1) is 0 Å². The van der Waals surface area contributed by atoms with E-state index in [0.717, 1.165) is 11.3 Å². The van der Waals surface area contributed by atoms with Crippen LogP contribution >= 0.6 is 11.3 Å². The van der Waals surface area contributed by atoms with Gasteiger partial charge in [-0.2, -0.15) is 0 Å².